The van der Waals surface area contributed by atoms with E-state index in [0.29, 0.717) is 11.3 Å². The first-order valence-corrected chi connectivity index (χ1v) is 13.6. The lowest BCUT2D eigenvalue weighted by atomic mass is 10.1. The molecule has 182 valence electrons. The van der Waals surface area contributed by atoms with Crippen molar-refractivity contribution in [3.63, 3.8) is 0 Å². The lowest BCUT2D eigenvalue weighted by molar-refractivity contribution is 0.313. The van der Waals surface area contributed by atoms with Crippen molar-refractivity contribution in [2.75, 3.05) is 38.1 Å². The van der Waals surface area contributed by atoms with E-state index < -0.39 is 15.1 Å². The van der Waals surface area contributed by atoms with Gasteiger partial charge in [0.2, 0.25) is 0 Å². The number of aromatic nitrogens is 3. The van der Waals surface area contributed by atoms with Gasteiger partial charge in [-0.15, -0.1) is 0 Å². The molecule has 8 heteroatoms. The number of rotatable bonds is 6. The topological polar surface area (TPSA) is 70.8 Å². The highest BCUT2D eigenvalue weighted by atomic mass is 32.2. The molecule has 3 heterocycles. The molecular weight excluding hydrogens is 458 g/mol. The van der Waals surface area contributed by atoms with E-state index in [2.05, 4.69) is 46.2 Å². The first kappa shape index (κ1) is 23.5. The third kappa shape index (κ3) is 4.81. The lowest BCUT2D eigenvalue weighted by Crippen LogP contribution is -2.44. The van der Waals surface area contributed by atoms with Gasteiger partial charge in [0.1, 0.15) is 0 Å². The summed E-state index contributed by atoms with van der Waals surface area (Å²) < 4.78 is 26.7. The standard InChI is InChI=1S/C27H31N5O2S/c1-20(2)35(33,34)24-12-8-22(9-13-24)25-5-4-14-32-27(25)28-26(29-32)19-21-6-10-23(11-7-21)31-17-15-30(3)16-18-31/h4-14,20H,15-19H2,1-3H3. The number of sulfone groups is 1. The van der Waals surface area contributed by atoms with Gasteiger partial charge in [0.05, 0.1) is 10.1 Å². The largest absolute Gasteiger partial charge is 0.369 e. The average molecular weight is 490 g/mol. The van der Waals surface area contributed by atoms with E-state index in [4.69, 9.17) is 4.98 Å². The molecule has 0 saturated carbocycles. The summed E-state index contributed by atoms with van der Waals surface area (Å²) in [6.45, 7) is 7.67. The Labute approximate surface area is 206 Å². The summed E-state index contributed by atoms with van der Waals surface area (Å²) in [5, 5.41) is 4.24. The van der Waals surface area contributed by atoms with Crippen molar-refractivity contribution < 1.29 is 8.42 Å². The second kappa shape index (κ2) is 9.43. The number of hydrogen-bond donors (Lipinski definition) is 0. The Morgan fingerprint density at radius 3 is 2.26 bits per heavy atom. The predicted octanol–water partition coefficient (Wildman–Crippen LogP) is 3.92. The highest BCUT2D eigenvalue weighted by molar-refractivity contribution is 7.92. The molecule has 2 aromatic heterocycles. The molecule has 0 amide bonds. The summed E-state index contributed by atoms with van der Waals surface area (Å²) in [7, 11) is -1.13. The number of nitrogens with zero attached hydrogens (tertiary/aromatic N) is 5. The zero-order chi connectivity index (χ0) is 24.6. The second-order valence-electron chi connectivity index (χ2n) is 9.47. The summed E-state index contributed by atoms with van der Waals surface area (Å²) in [5.41, 5.74) is 5.02. The summed E-state index contributed by atoms with van der Waals surface area (Å²) >= 11 is 0. The molecule has 35 heavy (non-hydrogen) atoms. The molecule has 0 aliphatic carbocycles. The van der Waals surface area contributed by atoms with Gasteiger partial charge in [0.15, 0.2) is 21.3 Å². The Bertz CT molecular complexity index is 1420. The summed E-state index contributed by atoms with van der Waals surface area (Å²) in [4.78, 5) is 9.95. The van der Waals surface area contributed by atoms with Crippen molar-refractivity contribution in [1.82, 2.24) is 19.5 Å². The number of anilines is 1. The molecule has 7 nitrogen and oxygen atoms in total. The zero-order valence-corrected chi connectivity index (χ0v) is 21.2. The van der Waals surface area contributed by atoms with E-state index in [-0.39, 0.29) is 0 Å². The Kier molecular flexibility index (Phi) is 6.34. The zero-order valence-electron chi connectivity index (χ0n) is 20.4. The van der Waals surface area contributed by atoms with E-state index in [1.165, 1.54) is 11.3 Å². The normalized spacial score (nSPS) is 15.3. The van der Waals surface area contributed by atoms with Gasteiger partial charge in [-0.05, 0) is 68.4 Å². The fraction of sp³-hybridized carbons (Fsp3) is 0.333. The minimum atomic E-state index is -3.30. The number of hydrogen-bond acceptors (Lipinski definition) is 6. The molecule has 1 aliphatic rings. The molecular formula is C27H31N5O2S. The fourth-order valence-electron chi connectivity index (χ4n) is 4.42. The summed E-state index contributed by atoms with van der Waals surface area (Å²) in [5.74, 6) is 0.754. The van der Waals surface area contributed by atoms with Gasteiger partial charge in [0.25, 0.3) is 0 Å². The van der Waals surface area contributed by atoms with E-state index in [0.717, 1.165) is 48.8 Å². The quantitative estimate of drug-likeness (QED) is 0.409. The van der Waals surface area contributed by atoms with Gasteiger partial charge >= 0.3 is 0 Å². The minimum Gasteiger partial charge on any atom is -0.369 e. The van der Waals surface area contributed by atoms with Gasteiger partial charge in [-0.25, -0.2) is 17.9 Å². The van der Waals surface area contributed by atoms with Crippen molar-refractivity contribution in [2.45, 2.75) is 30.4 Å². The van der Waals surface area contributed by atoms with Crippen LogP contribution >= 0.6 is 0 Å². The van der Waals surface area contributed by atoms with Crippen LogP contribution in [0.3, 0.4) is 0 Å². The Morgan fingerprint density at radius 2 is 1.60 bits per heavy atom. The second-order valence-corrected chi connectivity index (χ2v) is 12.0. The van der Waals surface area contributed by atoms with E-state index in [9.17, 15) is 8.42 Å². The van der Waals surface area contributed by atoms with Gasteiger partial charge in [-0.3, -0.25) is 0 Å². The van der Waals surface area contributed by atoms with Crippen LogP contribution in [-0.2, 0) is 16.3 Å². The molecule has 5 rings (SSSR count). The molecule has 0 unspecified atom stereocenters. The van der Waals surface area contributed by atoms with E-state index in [1.807, 2.05) is 30.5 Å². The number of fused-ring (bicyclic) bond motifs is 1. The number of benzene rings is 2. The lowest BCUT2D eigenvalue weighted by Gasteiger charge is -2.34. The van der Waals surface area contributed by atoms with Crippen molar-refractivity contribution in [1.29, 1.82) is 0 Å². The van der Waals surface area contributed by atoms with Gasteiger partial charge in [0, 0.05) is 50.0 Å². The van der Waals surface area contributed by atoms with Crippen molar-refractivity contribution in [3.8, 4) is 11.1 Å². The van der Waals surface area contributed by atoms with Crippen molar-refractivity contribution in [3.05, 3.63) is 78.2 Å². The van der Waals surface area contributed by atoms with Crippen molar-refractivity contribution >= 4 is 21.2 Å². The number of pyridine rings is 1. The summed E-state index contributed by atoms with van der Waals surface area (Å²) in [6.07, 6.45) is 2.54. The van der Waals surface area contributed by atoms with Crippen LogP contribution in [0.2, 0.25) is 0 Å². The van der Waals surface area contributed by atoms with Crippen LogP contribution in [0.15, 0.2) is 71.8 Å². The van der Waals surface area contributed by atoms with Crippen LogP contribution in [-0.4, -0.2) is 66.4 Å². The van der Waals surface area contributed by atoms with Crippen LogP contribution in [0.25, 0.3) is 16.8 Å². The summed E-state index contributed by atoms with van der Waals surface area (Å²) in [6, 6.07) is 19.7. The van der Waals surface area contributed by atoms with E-state index >= 15 is 0 Å². The maximum Gasteiger partial charge on any atom is 0.180 e. The van der Waals surface area contributed by atoms with Gasteiger partial charge < -0.3 is 9.80 Å². The molecule has 4 aromatic rings. The maximum absolute atomic E-state index is 12.5. The molecule has 1 fully saturated rings. The van der Waals surface area contributed by atoms with Gasteiger partial charge in [-0.2, -0.15) is 5.10 Å². The first-order valence-electron chi connectivity index (χ1n) is 12.0. The van der Waals surface area contributed by atoms with Crippen LogP contribution in [0.1, 0.15) is 25.2 Å². The third-order valence-electron chi connectivity index (χ3n) is 6.69. The Morgan fingerprint density at radius 1 is 0.914 bits per heavy atom. The molecule has 0 radical (unpaired) electrons. The molecule has 1 aliphatic heterocycles. The average Bonchev–Trinajstić information content (AvgIpc) is 3.27. The molecule has 1 saturated heterocycles. The Hall–Kier alpha value is -3.23. The predicted molar refractivity (Wildman–Crippen MR) is 140 cm³/mol. The van der Waals surface area contributed by atoms with Crippen molar-refractivity contribution in [2.24, 2.45) is 0 Å². The highest BCUT2D eigenvalue weighted by Gasteiger charge is 2.19. The Balaban J connectivity index is 1.36. The molecule has 0 N–H and O–H groups in total. The van der Waals surface area contributed by atoms with Gasteiger partial charge in [-0.1, -0.05) is 24.3 Å². The minimum absolute atomic E-state index is 0.338. The van der Waals surface area contributed by atoms with Crippen LogP contribution in [0.5, 0.6) is 0 Å². The molecule has 2 aromatic carbocycles. The molecule has 0 atom stereocenters. The smallest absolute Gasteiger partial charge is 0.180 e. The number of likely N-dealkylation sites (N-methyl/N-ethyl adjacent to an activating group) is 1. The highest BCUT2D eigenvalue weighted by Crippen LogP contribution is 2.26. The monoisotopic (exact) mass is 489 g/mol. The fourth-order valence-corrected chi connectivity index (χ4v) is 5.48. The van der Waals surface area contributed by atoms with Crippen LogP contribution < -0.4 is 4.90 Å². The third-order valence-corrected chi connectivity index (χ3v) is 8.86. The molecule has 0 bridgehead atoms. The SMILES string of the molecule is CC(C)S(=O)(=O)c1ccc(-c2cccn3nc(Cc4ccc(N5CCN(C)CC5)cc4)nc23)cc1. The maximum atomic E-state index is 12.5. The van der Waals surface area contributed by atoms with E-state index in [1.54, 1.807) is 30.5 Å². The van der Waals surface area contributed by atoms with Crippen LogP contribution in [0.4, 0.5) is 5.69 Å². The number of piperazine rings is 1. The van der Waals surface area contributed by atoms with Crippen LogP contribution in [0, 0.1) is 0 Å². The first-order chi connectivity index (χ1) is 16.8. The molecule has 0 spiro atoms.